The molecule has 0 radical (unpaired) electrons. The number of hydrogen-bond acceptors (Lipinski definition) is 3. The van der Waals surface area contributed by atoms with Crippen molar-refractivity contribution in [1.82, 2.24) is 0 Å². The van der Waals surface area contributed by atoms with Crippen LogP contribution in [0.4, 0.5) is 5.69 Å². The smallest absolute Gasteiger partial charge is 0.143 e. The van der Waals surface area contributed by atoms with Crippen LogP contribution in [0.15, 0.2) is 6.07 Å². The number of hydrogen-bond donors (Lipinski definition) is 0. The van der Waals surface area contributed by atoms with E-state index in [1.165, 1.54) is 16.8 Å². The summed E-state index contributed by atoms with van der Waals surface area (Å²) in [6, 6.07) is 4.19. The van der Waals surface area contributed by atoms with Crippen LogP contribution in [0, 0.1) is 11.3 Å². The van der Waals surface area contributed by atoms with E-state index in [1.54, 1.807) is 0 Å². The van der Waals surface area contributed by atoms with Crippen LogP contribution < -0.4 is 9.64 Å². The maximum absolute atomic E-state index is 8.81. The average molecular weight is 235 g/mol. The lowest BCUT2D eigenvalue weighted by atomic mass is 10.1. The first kappa shape index (κ1) is 9.80. The molecule has 1 aromatic rings. The van der Waals surface area contributed by atoms with E-state index in [-0.39, 0.29) is 0 Å². The van der Waals surface area contributed by atoms with Gasteiger partial charge in [-0.2, -0.15) is 5.26 Å². The SMILES string of the molecule is N#CCN1CCc2cc(Cl)c3c(c21)CCO3. The molecule has 2 aliphatic heterocycles. The van der Waals surface area contributed by atoms with Gasteiger partial charge >= 0.3 is 0 Å². The normalized spacial score (nSPS) is 16.6. The predicted molar refractivity (Wildman–Crippen MR) is 62.2 cm³/mol. The first-order valence-corrected chi connectivity index (χ1v) is 5.78. The predicted octanol–water partition coefficient (Wildman–Crippen LogP) is 2.16. The summed E-state index contributed by atoms with van der Waals surface area (Å²) in [6.07, 6.45) is 1.88. The zero-order valence-electron chi connectivity index (χ0n) is 8.79. The Morgan fingerprint density at radius 1 is 1.50 bits per heavy atom. The van der Waals surface area contributed by atoms with Gasteiger partial charge in [-0.15, -0.1) is 0 Å². The van der Waals surface area contributed by atoms with Crippen molar-refractivity contribution in [2.75, 3.05) is 24.6 Å². The number of nitriles is 1. The highest BCUT2D eigenvalue weighted by molar-refractivity contribution is 6.32. The molecule has 0 fully saturated rings. The van der Waals surface area contributed by atoms with E-state index in [4.69, 9.17) is 21.6 Å². The van der Waals surface area contributed by atoms with Gasteiger partial charge in [-0.1, -0.05) is 11.6 Å². The van der Waals surface area contributed by atoms with Crippen LogP contribution in [0.2, 0.25) is 5.02 Å². The molecule has 2 heterocycles. The number of rotatable bonds is 1. The fourth-order valence-electron chi connectivity index (χ4n) is 2.57. The minimum atomic E-state index is 0.446. The Hall–Kier alpha value is -1.40. The molecule has 0 saturated heterocycles. The molecule has 82 valence electrons. The first-order chi connectivity index (χ1) is 7.81. The lowest BCUT2D eigenvalue weighted by molar-refractivity contribution is 0.357. The van der Waals surface area contributed by atoms with Gasteiger partial charge < -0.3 is 9.64 Å². The highest BCUT2D eigenvalue weighted by atomic mass is 35.5. The fourth-order valence-corrected chi connectivity index (χ4v) is 2.87. The standard InChI is InChI=1S/C12H11ClN2O/c13-10-7-8-1-4-15(5-3-14)11(8)9-2-6-16-12(9)10/h7H,1-2,4-6H2. The maximum Gasteiger partial charge on any atom is 0.143 e. The summed E-state index contributed by atoms with van der Waals surface area (Å²) >= 11 is 6.17. The van der Waals surface area contributed by atoms with Crippen molar-refractivity contribution in [2.24, 2.45) is 0 Å². The van der Waals surface area contributed by atoms with Crippen molar-refractivity contribution >= 4 is 17.3 Å². The third-order valence-corrected chi connectivity index (χ3v) is 3.49. The number of anilines is 1. The largest absolute Gasteiger partial charge is 0.491 e. The Bertz CT molecular complexity index is 493. The number of nitrogens with zero attached hydrogens (tertiary/aromatic N) is 2. The van der Waals surface area contributed by atoms with E-state index in [2.05, 4.69) is 11.0 Å². The Morgan fingerprint density at radius 2 is 2.38 bits per heavy atom. The van der Waals surface area contributed by atoms with Crippen molar-refractivity contribution in [3.63, 3.8) is 0 Å². The molecule has 16 heavy (non-hydrogen) atoms. The van der Waals surface area contributed by atoms with E-state index >= 15 is 0 Å². The molecule has 0 saturated carbocycles. The summed E-state index contributed by atoms with van der Waals surface area (Å²) in [7, 11) is 0. The minimum Gasteiger partial charge on any atom is -0.491 e. The molecule has 4 heteroatoms. The van der Waals surface area contributed by atoms with Crippen LogP contribution in [0.3, 0.4) is 0 Å². The highest BCUT2D eigenvalue weighted by Crippen LogP contribution is 2.44. The van der Waals surface area contributed by atoms with E-state index in [1.807, 2.05) is 6.07 Å². The number of ether oxygens (including phenoxy) is 1. The molecule has 0 spiro atoms. The van der Waals surface area contributed by atoms with Crippen molar-refractivity contribution < 1.29 is 4.74 Å². The molecular formula is C12H11ClN2O. The summed E-state index contributed by atoms with van der Waals surface area (Å²) in [5, 5.41) is 9.52. The molecule has 0 N–H and O–H groups in total. The van der Waals surface area contributed by atoms with Crippen LogP contribution in [-0.4, -0.2) is 19.7 Å². The van der Waals surface area contributed by atoms with Gasteiger partial charge in [-0.25, -0.2) is 0 Å². The van der Waals surface area contributed by atoms with E-state index in [0.29, 0.717) is 18.2 Å². The molecule has 1 aromatic carbocycles. The van der Waals surface area contributed by atoms with E-state index < -0.39 is 0 Å². The zero-order valence-corrected chi connectivity index (χ0v) is 9.55. The van der Waals surface area contributed by atoms with Crippen molar-refractivity contribution in [2.45, 2.75) is 12.8 Å². The monoisotopic (exact) mass is 234 g/mol. The summed E-state index contributed by atoms with van der Waals surface area (Å²) < 4.78 is 5.54. The van der Waals surface area contributed by atoms with Gasteiger partial charge in [0.2, 0.25) is 0 Å². The lowest BCUT2D eigenvalue weighted by Crippen LogP contribution is -2.21. The summed E-state index contributed by atoms with van der Waals surface area (Å²) in [6.45, 7) is 2.06. The van der Waals surface area contributed by atoms with E-state index in [0.717, 1.165) is 25.1 Å². The molecule has 0 amide bonds. The quantitative estimate of drug-likeness (QED) is 0.699. The van der Waals surface area contributed by atoms with Crippen molar-refractivity contribution in [1.29, 1.82) is 5.26 Å². The lowest BCUT2D eigenvalue weighted by Gasteiger charge is -2.18. The third-order valence-electron chi connectivity index (χ3n) is 3.21. The third kappa shape index (κ3) is 1.27. The van der Waals surface area contributed by atoms with Gasteiger partial charge in [-0.05, 0) is 18.1 Å². The van der Waals surface area contributed by atoms with Crippen molar-refractivity contribution in [3.05, 3.63) is 22.2 Å². The van der Waals surface area contributed by atoms with Crippen LogP contribution in [0.25, 0.3) is 0 Å². The van der Waals surface area contributed by atoms with Crippen LogP contribution in [0.5, 0.6) is 5.75 Å². The molecule has 0 atom stereocenters. The Labute approximate surface area is 99.2 Å². The maximum atomic E-state index is 8.81. The first-order valence-electron chi connectivity index (χ1n) is 5.40. The summed E-state index contributed by atoms with van der Waals surface area (Å²) in [4.78, 5) is 2.12. The second kappa shape index (κ2) is 3.57. The number of halogens is 1. The van der Waals surface area contributed by atoms with Gasteiger partial charge in [0.25, 0.3) is 0 Å². The molecule has 2 aliphatic rings. The molecule has 0 aromatic heterocycles. The highest BCUT2D eigenvalue weighted by Gasteiger charge is 2.29. The number of benzene rings is 1. The fraction of sp³-hybridized carbons (Fsp3) is 0.417. The molecule has 3 rings (SSSR count). The van der Waals surface area contributed by atoms with Crippen molar-refractivity contribution in [3.8, 4) is 11.8 Å². The van der Waals surface area contributed by atoms with Gasteiger partial charge in [0.1, 0.15) is 12.3 Å². The number of fused-ring (bicyclic) bond motifs is 3. The van der Waals surface area contributed by atoms with Gasteiger partial charge in [-0.3, -0.25) is 0 Å². The average Bonchev–Trinajstić information content (AvgIpc) is 2.85. The van der Waals surface area contributed by atoms with E-state index in [9.17, 15) is 0 Å². The van der Waals surface area contributed by atoms with Gasteiger partial charge in [0.15, 0.2) is 0 Å². The molecule has 3 nitrogen and oxygen atoms in total. The van der Waals surface area contributed by atoms with Gasteiger partial charge in [0.05, 0.1) is 17.7 Å². The molecular weight excluding hydrogens is 224 g/mol. The Kier molecular flexibility index (Phi) is 2.19. The van der Waals surface area contributed by atoms with Crippen LogP contribution in [-0.2, 0) is 12.8 Å². The topological polar surface area (TPSA) is 36.3 Å². The van der Waals surface area contributed by atoms with Crippen LogP contribution >= 0.6 is 11.6 Å². The molecule has 0 bridgehead atoms. The minimum absolute atomic E-state index is 0.446. The summed E-state index contributed by atoms with van der Waals surface area (Å²) in [5.74, 6) is 0.824. The molecule has 0 unspecified atom stereocenters. The Morgan fingerprint density at radius 3 is 3.19 bits per heavy atom. The Balaban J connectivity index is 2.15. The summed E-state index contributed by atoms with van der Waals surface area (Å²) in [5.41, 5.74) is 3.64. The van der Waals surface area contributed by atoms with Crippen LogP contribution in [0.1, 0.15) is 11.1 Å². The zero-order chi connectivity index (χ0) is 11.1. The molecule has 0 aliphatic carbocycles. The second-order valence-corrected chi connectivity index (χ2v) is 4.51. The van der Waals surface area contributed by atoms with Gasteiger partial charge in [0, 0.05) is 24.2 Å². The second-order valence-electron chi connectivity index (χ2n) is 4.10.